The Kier molecular flexibility index (Phi) is 6.33. The molecule has 0 aliphatic rings. The fourth-order valence-electron chi connectivity index (χ4n) is 2.56. The van der Waals surface area contributed by atoms with Crippen molar-refractivity contribution >= 4 is 15.7 Å². The zero-order chi connectivity index (χ0) is 19.3. The summed E-state index contributed by atoms with van der Waals surface area (Å²) >= 11 is 0. The number of hydrogen-bond donors (Lipinski definition) is 1. The van der Waals surface area contributed by atoms with Crippen molar-refractivity contribution in [3.8, 4) is 5.75 Å². The predicted molar refractivity (Wildman–Crippen MR) is 98.6 cm³/mol. The summed E-state index contributed by atoms with van der Waals surface area (Å²) in [6.07, 6.45) is 0.610. The van der Waals surface area contributed by atoms with E-state index < -0.39 is 21.0 Å². The molecule has 0 amide bonds. The summed E-state index contributed by atoms with van der Waals surface area (Å²) < 4.78 is 33.2. The second kappa shape index (κ2) is 8.29. The van der Waals surface area contributed by atoms with Crippen LogP contribution in [-0.2, 0) is 10.0 Å². The maximum absolute atomic E-state index is 12.7. The normalized spacial score (nSPS) is 12.8. The molecule has 26 heavy (non-hydrogen) atoms. The van der Waals surface area contributed by atoms with E-state index in [2.05, 4.69) is 4.72 Å². The molecule has 140 valence electrons. The predicted octanol–water partition coefficient (Wildman–Crippen LogP) is 3.67. The third-order valence-electron chi connectivity index (χ3n) is 3.88. The second-order valence-electron chi connectivity index (χ2n) is 6.33. The quantitative estimate of drug-likeness (QED) is 0.558. The van der Waals surface area contributed by atoms with Crippen LogP contribution in [0.15, 0.2) is 53.4 Å². The number of nitrogens with one attached hydrogen (secondary N) is 1. The van der Waals surface area contributed by atoms with Crippen LogP contribution < -0.4 is 9.46 Å². The summed E-state index contributed by atoms with van der Waals surface area (Å²) in [5.74, 6) is 0.955. The van der Waals surface area contributed by atoms with Crippen molar-refractivity contribution in [1.82, 2.24) is 4.72 Å². The number of methoxy groups -OCH3 is 1. The van der Waals surface area contributed by atoms with Crippen molar-refractivity contribution in [3.63, 3.8) is 0 Å². The van der Waals surface area contributed by atoms with Gasteiger partial charge >= 0.3 is 0 Å². The number of nitro benzene ring substituents is 1. The molecule has 0 bridgehead atoms. The van der Waals surface area contributed by atoms with E-state index in [1.807, 2.05) is 26.0 Å². The lowest BCUT2D eigenvalue weighted by atomic mass is 9.98. The van der Waals surface area contributed by atoms with Crippen LogP contribution in [0, 0.1) is 16.0 Å². The number of rotatable bonds is 8. The molecule has 0 aliphatic carbocycles. The lowest BCUT2D eigenvalue weighted by molar-refractivity contribution is -0.384. The Labute approximate surface area is 153 Å². The van der Waals surface area contributed by atoms with Gasteiger partial charge in [-0.3, -0.25) is 10.1 Å². The van der Waals surface area contributed by atoms with Gasteiger partial charge in [-0.05, 0) is 42.2 Å². The summed E-state index contributed by atoms with van der Waals surface area (Å²) in [4.78, 5) is 10.2. The maximum atomic E-state index is 12.7. The van der Waals surface area contributed by atoms with Crippen molar-refractivity contribution in [2.45, 2.75) is 31.2 Å². The Bertz CT molecular complexity index is 846. The first-order chi connectivity index (χ1) is 12.2. The molecule has 1 N–H and O–H groups in total. The molecule has 2 aromatic rings. The molecule has 0 aliphatic heterocycles. The van der Waals surface area contributed by atoms with Gasteiger partial charge in [-0.2, -0.15) is 0 Å². The smallest absolute Gasteiger partial charge is 0.269 e. The van der Waals surface area contributed by atoms with Crippen LogP contribution in [0.3, 0.4) is 0 Å². The number of nitro groups is 1. The number of ether oxygens (including phenoxy) is 1. The monoisotopic (exact) mass is 378 g/mol. The van der Waals surface area contributed by atoms with Gasteiger partial charge in [-0.1, -0.05) is 26.0 Å². The molecule has 0 saturated carbocycles. The summed E-state index contributed by atoms with van der Waals surface area (Å²) in [5.41, 5.74) is 0.669. The number of nitrogens with zero attached hydrogens (tertiary/aromatic N) is 1. The second-order valence-corrected chi connectivity index (χ2v) is 8.04. The highest BCUT2D eigenvalue weighted by molar-refractivity contribution is 7.89. The number of non-ortho nitro benzene ring substituents is 1. The highest BCUT2D eigenvalue weighted by Gasteiger charge is 2.23. The molecule has 2 aromatic carbocycles. The van der Waals surface area contributed by atoms with Crippen LogP contribution in [0.5, 0.6) is 5.75 Å². The number of sulfonamides is 1. The van der Waals surface area contributed by atoms with Crippen LogP contribution >= 0.6 is 0 Å². The highest BCUT2D eigenvalue weighted by Crippen LogP contribution is 2.26. The van der Waals surface area contributed by atoms with Crippen LogP contribution in [0.2, 0.25) is 0 Å². The molecule has 0 radical (unpaired) electrons. The van der Waals surface area contributed by atoms with Crippen molar-refractivity contribution in [1.29, 1.82) is 0 Å². The summed E-state index contributed by atoms with van der Waals surface area (Å²) in [6, 6.07) is 11.6. The largest absolute Gasteiger partial charge is 0.497 e. The summed E-state index contributed by atoms with van der Waals surface area (Å²) in [7, 11) is -2.25. The molecule has 0 aromatic heterocycles. The maximum Gasteiger partial charge on any atom is 0.269 e. The van der Waals surface area contributed by atoms with Crippen molar-refractivity contribution < 1.29 is 18.1 Å². The Balaban J connectivity index is 2.29. The molecule has 0 spiro atoms. The van der Waals surface area contributed by atoms with Crippen LogP contribution in [-0.4, -0.2) is 20.5 Å². The van der Waals surface area contributed by atoms with E-state index in [9.17, 15) is 18.5 Å². The highest BCUT2D eigenvalue weighted by atomic mass is 32.2. The average molecular weight is 378 g/mol. The topological polar surface area (TPSA) is 98.5 Å². The van der Waals surface area contributed by atoms with Gasteiger partial charge in [0.2, 0.25) is 10.0 Å². The molecule has 0 unspecified atom stereocenters. The molecule has 2 rings (SSSR count). The lowest BCUT2D eigenvalue weighted by Crippen LogP contribution is -2.29. The number of benzene rings is 2. The van der Waals surface area contributed by atoms with Gasteiger partial charge in [0.1, 0.15) is 5.75 Å². The summed E-state index contributed by atoms with van der Waals surface area (Å²) in [6.45, 7) is 4.02. The minimum atomic E-state index is -3.82. The first-order valence-electron chi connectivity index (χ1n) is 8.13. The minimum absolute atomic E-state index is 0.00892. The van der Waals surface area contributed by atoms with Crippen LogP contribution in [0.4, 0.5) is 5.69 Å². The molecule has 0 fully saturated rings. The Morgan fingerprint density at radius 3 is 2.12 bits per heavy atom. The van der Waals surface area contributed by atoms with E-state index in [0.717, 1.165) is 5.56 Å². The zero-order valence-electron chi connectivity index (χ0n) is 14.9. The fourth-order valence-corrected chi connectivity index (χ4v) is 3.80. The van der Waals surface area contributed by atoms with E-state index in [4.69, 9.17) is 4.74 Å². The van der Waals surface area contributed by atoms with Crippen LogP contribution in [0.1, 0.15) is 31.9 Å². The first-order valence-corrected chi connectivity index (χ1v) is 9.62. The molecule has 0 heterocycles. The lowest BCUT2D eigenvalue weighted by Gasteiger charge is -2.21. The molecule has 8 heteroatoms. The fraction of sp³-hybridized carbons (Fsp3) is 0.333. The zero-order valence-corrected chi connectivity index (χ0v) is 15.7. The van der Waals surface area contributed by atoms with Gasteiger partial charge < -0.3 is 4.74 Å². The Morgan fingerprint density at radius 2 is 1.65 bits per heavy atom. The Hall–Kier alpha value is -2.45. The molecule has 0 saturated heterocycles. The minimum Gasteiger partial charge on any atom is -0.497 e. The SMILES string of the molecule is COc1ccc([C@H](CC(C)C)NS(=O)(=O)c2ccc([N+](=O)[O-])cc2)cc1. The van der Waals surface area contributed by atoms with Crippen LogP contribution in [0.25, 0.3) is 0 Å². The molecular formula is C18H22N2O5S. The van der Waals surface area contributed by atoms with Gasteiger partial charge in [-0.15, -0.1) is 0 Å². The van der Waals surface area contributed by atoms with Gasteiger partial charge in [0, 0.05) is 18.2 Å². The molecular weight excluding hydrogens is 356 g/mol. The standard InChI is InChI=1S/C18H22N2O5S/c1-13(2)12-18(14-4-8-16(25-3)9-5-14)19-26(23,24)17-10-6-15(7-11-17)20(21)22/h4-11,13,18-19H,12H2,1-3H3/t18-/m0/s1. The average Bonchev–Trinajstić information content (AvgIpc) is 2.60. The first kappa shape index (κ1) is 19.9. The van der Waals surface area contributed by atoms with E-state index >= 15 is 0 Å². The van der Waals surface area contributed by atoms with Gasteiger partial charge in [0.25, 0.3) is 5.69 Å². The Morgan fingerprint density at radius 1 is 1.08 bits per heavy atom. The van der Waals surface area contributed by atoms with Crippen molar-refractivity contribution in [3.05, 3.63) is 64.2 Å². The van der Waals surface area contributed by atoms with E-state index in [1.165, 1.54) is 24.3 Å². The van der Waals surface area contributed by atoms with E-state index in [1.54, 1.807) is 19.2 Å². The van der Waals surface area contributed by atoms with Gasteiger partial charge in [0.05, 0.1) is 16.9 Å². The van der Waals surface area contributed by atoms with Gasteiger partial charge in [-0.25, -0.2) is 13.1 Å². The molecule has 1 atom stereocenters. The van der Waals surface area contributed by atoms with Crippen molar-refractivity contribution in [2.24, 2.45) is 5.92 Å². The third kappa shape index (κ3) is 5.03. The number of hydrogen-bond acceptors (Lipinski definition) is 5. The van der Waals surface area contributed by atoms with Crippen molar-refractivity contribution in [2.75, 3.05) is 7.11 Å². The van der Waals surface area contributed by atoms with E-state index in [-0.39, 0.29) is 16.5 Å². The van der Waals surface area contributed by atoms with Gasteiger partial charge in [0.15, 0.2) is 0 Å². The van der Waals surface area contributed by atoms with E-state index in [0.29, 0.717) is 12.2 Å². The third-order valence-corrected chi connectivity index (χ3v) is 5.37. The summed E-state index contributed by atoms with van der Waals surface area (Å²) in [5, 5.41) is 10.7. The molecule has 7 nitrogen and oxygen atoms in total.